The molecule has 0 fully saturated rings. The highest BCUT2D eigenvalue weighted by molar-refractivity contribution is 6.41. The molecule has 0 unspecified atom stereocenters. The van der Waals surface area contributed by atoms with E-state index in [2.05, 4.69) is 4.99 Å². The standard InChI is InChI=1S/C16H10BF2N3O3/c18-17(19)21-9-11(10-23)8-15(21)16(14-2-1-7-20-14)12-3-5-13(6-4-12)22(24)25/h1-10H/b16-14-. The Labute approximate surface area is 141 Å². The molecular weight excluding hydrogens is 331 g/mol. The van der Waals surface area contributed by atoms with Crippen LogP contribution in [-0.4, -0.2) is 29.3 Å². The Morgan fingerprint density at radius 1 is 1.28 bits per heavy atom. The van der Waals surface area contributed by atoms with Crippen molar-refractivity contribution >= 4 is 31.2 Å². The first kappa shape index (κ1) is 16.5. The summed E-state index contributed by atoms with van der Waals surface area (Å²) in [7, 11) is -2.85. The number of halogens is 2. The molecule has 124 valence electrons. The fraction of sp³-hybridized carbons (Fsp3) is 0. The maximum absolute atomic E-state index is 13.4. The first-order valence-electron chi connectivity index (χ1n) is 7.16. The van der Waals surface area contributed by atoms with E-state index in [-0.39, 0.29) is 16.9 Å². The Hall–Kier alpha value is -3.36. The summed E-state index contributed by atoms with van der Waals surface area (Å²) in [5.41, 5.74) is 1.34. The number of aldehydes is 1. The van der Waals surface area contributed by atoms with Crippen molar-refractivity contribution in [1.82, 2.24) is 4.48 Å². The number of nitro benzene ring substituents is 1. The fourth-order valence-electron chi connectivity index (χ4n) is 2.55. The van der Waals surface area contributed by atoms with Crippen LogP contribution in [0.3, 0.4) is 0 Å². The molecule has 3 rings (SSSR count). The molecular formula is C16H10BF2N3O3. The second kappa shape index (κ2) is 6.64. The lowest BCUT2D eigenvalue weighted by Gasteiger charge is -2.12. The van der Waals surface area contributed by atoms with Crippen LogP contribution in [-0.2, 0) is 0 Å². The zero-order valence-electron chi connectivity index (χ0n) is 12.7. The lowest BCUT2D eigenvalue weighted by atomic mass is 9.98. The third-order valence-electron chi connectivity index (χ3n) is 3.65. The van der Waals surface area contributed by atoms with E-state index in [4.69, 9.17) is 0 Å². The molecule has 0 bridgehead atoms. The summed E-state index contributed by atoms with van der Waals surface area (Å²) in [5.74, 6) is 0. The van der Waals surface area contributed by atoms with Gasteiger partial charge in [0.05, 0.1) is 10.6 Å². The van der Waals surface area contributed by atoms with Gasteiger partial charge in [-0.15, -0.1) is 0 Å². The van der Waals surface area contributed by atoms with Gasteiger partial charge in [0, 0.05) is 41.4 Å². The molecule has 0 aliphatic carbocycles. The van der Waals surface area contributed by atoms with E-state index in [1.54, 1.807) is 12.2 Å². The van der Waals surface area contributed by atoms with Crippen LogP contribution >= 0.6 is 0 Å². The molecule has 0 radical (unpaired) electrons. The number of aliphatic imine (C=N–C) groups is 1. The minimum absolute atomic E-state index is 0.0984. The minimum atomic E-state index is -2.85. The number of allylic oxidation sites excluding steroid dienone is 2. The van der Waals surface area contributed by atoms with Crippen LogP contribution < -0.4 is 0 Å². The smallest absolute Gasteiger partial charge is 0.331 e. The van der Waals surface area contributed by atoms with Crippen LogP contribution in [0.2, 0.25) is 0 Å². The topological polar surface area (TPSA) is 77.5 Å². The van der Waals surface area contributed by atoms with E-state index >= 15 is 0 Å². The second-order valence-corrected chi connectivity index (χ2v) is 5.16. The van der Waals surface area contributed by atoms with Crippen molar-refractivity contribution in [3.8, 4) is 0 Å². The van der Waals surface area contributed by atoms with Crippen LogP contribution in [0.4, 0.5) is 14.3 Å². The molecule has 0 amide bonds. The molecule has 0 N–H and O–H groups in total. The Morgan fingerprint density at radius 2 is 2.00 bits per heavy atom. The van der Waals surface area contributed by atoms with Crippen molar-refractivity contribution in [2.45, 2.75) is 0 Å². The number of hydrogen-bond donors (Lipinski definition) is 0. The number of nitrogens with zero attached hydrogens (tertiary/aromatic N) is 3. The van der Waals surface area contributed by atoms with Gasteiger partial charge in [-0.05, 0) is 35.9 Å². The number of nitro groups is 1. The molecule has 9 heteroatoms. The summed E-state index contributed by atoms with van der Waals surface area (Å²) in [5, 5.41) is 10.8. The summed E-state index contributed by atoms with van der Waals surface area (Å²) in [4.78, 5) is 25.4. The average Bonchev–Trinajstić information content (AvgIpc) is 3.26. The normalized spacial score (nSPS) is 14.6. The second-order valence-electron chi connectivity index (χ2n) is 5.16. The fourth-order valence-corrected chi connectivity index (χ4v) is 2.55. The first-order chi connectivity index (χ1) is 12.0. The Morgan fingerprint density at radius 3 is 2.52 bits per heavy atom. The van der Waals surface area contributed by atoms with Gasteiger partial charge in [-0.25, -0.2) is 0 Å². The number of aromatic nitrogens is 1. The third-order valence-corrected chi connectivity index (χ3v) is 3.65. The summed E-state index contributed by atoms with van der Waals surface area (Å²) < 4.78 is 27.5. The SMILES string of the molecule is O=Cc1cc(/C(=C2/C=CC=N2)c2ccc([N+](=O)[O-])cc2)n(B(F)F)c1. The van der Waals surface area contributed by atoms with E-state index in [1.165, 1.54) is 36.5 Å². The number of carbonyl (C=O) groups is 1. The van der Waals surface area contributed by atoms with E-state index < -0.39 is 12.3 Å². The summed E-state index contributed by atoms with van der Waals surface area (Å²) in [6.45, 7) is 0. The summed E-state index contributed by atoms with van der Waals surface area (Å²) >= 11 is 0. The highest BCUT2D eigenvalue weighted by Gasteiger charge is 2.25. The molecule has 1 aliphatic rings. The van der Waals surface area contributed by atoms with Crippen LogP contribution in [0.15, 0.2) is 59.4 Å². The Balaban J connectivity index is 2.22. The zero-order chi connectivity index (χ0) is 18.0. The van der Waals surface area contributed by atoms with Gasteiger partial charge < -0.3 is 4.48 Å². The molecule has 25 heavy (non-hydrogen) atoms. The van der Waals surface area contributed by atoms with E-state index in [9.17, 15) is 23.5 Å². The van der Waals surface area contributed by atoms with Gasteiger partial charge in [0.25, 0.3) is 5.69 Å². The predicted molar refractivity (Wildman–Crippen MR) is 89.9 cm³/mol. The summed E-state index contributed by atoms with van der Waals surface area (Å²) in [6, 6.07) is 6.84. The molecule has 1 aromatic carbocycles. The van der Waals surface area contributed by atoms with Crippen LogP contribution in [0.25, 0.3) is 5.57 Å². The highest BCUT2D eigenvalue weighted by atomic mass is 19.2. The lowest BCUT2D eigenvalue weighted by Crippen LogP contribution is -2.15. The maximum atomic E-state index is 13.4. The lowest BCUT2D eigenvalue weighted by molar-refractivity contribution is -0.384. The monoisotopic (exact) mass is 341 g/mol. The molecule has 0 spiro atoms. The van der Waals surface area contributed by atoms with E-state index in [0.29, 0.717) is 27.6 Å². The molecule has 0 atom stereocenters. The quantitative estimate of drug-likeness (QED) is 0.362. The van der Waals surface area contributed by atoms with Crippen molar-refractivity contribution in [2.75, 3.05) is 0 Å². The first-order valence-corrected chi connectivity index (χ1v) is 7.16. The molecule has 1 aliphatic heterocycles. The van der Waals surface area contributed by atoms with E-state index in [1.807, 2.05) is 0 Å². The molecule has 6 nitrogen and oxygen atoms in total. The van der Waals surface area contributed by atoms with Crippen LogP contribution in [0.1, 0.15) is 21.6 Å². The number of non-ortho nitro benzene ring substituents is 1. The van der Waals surface area contributed by atoms with Gasteiger partial charge >= 0.3 is 7.40 Å². The molecule has 0 saturated carbocycles. The Bertz CT molecular complexity index is 917. The van der Waals surface area contributed by atoms with Crippen molar-refractivity contribution < 1.29 is 18.3 Å². The zero-order valence-corrected chi connectivity index (χ0v) is 12.7. The molecule has 2 aromatic rings. The largest absolute Gasteiger partial charge is 0.677 e. The van der Waals surface area contributed by atoms with Crippen molar-refractivity contribution in [2.24, 2.45) is 4.99 Å². The molecule has 0 saturated heterocycles. The van der Waals surface area contributed by atoms with Crippen LogP contribution in [0, 0.1) is 10.1 Å². The Kier molecular flexibility index (Phi) is 4.38. The minimum Gasteiger partial charge on any atom is -0.331 e. The highest BCUT2D eigenvalue weighted by Crippen LogP contribution is 2.32. The number of hydrogen-bond acceptors (Lipinski definition) is 4. The molecule has 1 aromatic heterocycles. The van der Waals surface area contributed by atoms with Crippen molar-refractivity contribution in [3.63, 3.8) is 0 Å². The van der Waals surface area contributed by atoms with Gasteiger partial charge in [0.2, 0.25) is 0 Å². The average molecular weight is 341 g/mol. The predicted octanol–water partition coefficient (Wildman–Crippen LogP) is 3.38. The number of benzene rings is 1. The van der Waals surface area contributed by atoms with Gasteiger partial charge in [-0.1, -0.05) is 0 Å². The summed E-state index contributed by atoms with van der Waals surface area (Å²) in [6.07, 6.45) is 6.34. The van der Waals surface area contributed by atoms with Gasteiger partial charge in [0.15, 0.2) is 6.29 Å². The van der Waals surface area contributed by atoms with Crippen molar-refractivity contribution in [1.29, 1.82) is 0 Å². The number of carbonyl (C=O) groups excluding carboxylic acids is 1. The van der Waals surface area contributed by atoms with Gasteiger partial charge in [-0.2, -0.15) is 0 Å². The molecule has 2 heterocycles. The van der Waals surface area contributed by atoms with E-state index in [0.717, 1.165) is 6.20 Å². The number of rotatable bonds is 5. The van der Waals surface area contributed by atoms with Gasteiger partial charge in [0.1, 0.15) is 0 Å². The maximum Gasteiger partial charge on any atom is 0.677 e. The third kappa shape index (κ3) is 3.16. The van der Waals surface area contributed by atoms with Crippen molar-refractivity contribution in [3.05, 3.63) is 81.3 Å². The van der Waals surface area contributed by atoms with Gasteiger partial charge in [-0.3, -0.25) is 28.5 Å². The van der Waals surface area contributed by atoms with Crippen LogP contribution in [0.5, 0.6) is 0 Å².